The third kappa shape index (κ3) is 2.85. The third-order valence-electron chi connectivity index (χ3n) is 2.41. The van der Waals surface area contributed by atoms with Crippen LogP contribution in [0.5, 0.6) is 0 Å². The lowest BCUT2D eigenvalue weighted by atomic mass is 10.3. The monoisotopic (exact) mass is 246 g/mol. The topological polar surface area (TPSA) is 69.0 Å². The lowest BCUT2D eigenvalue weighted by molar-refractivity contribution is 0.0594. The van der Waals surface area contributed by atoms with E-state index in [1.165, 1.54) is 7.11 Å². The highest BCUT2D eigenvalue weighted by Crippen LogP contribution is 2.10. The van der Waals surface area contributed by atoms with E-state index in [9.17, 15) is 4.79 Å². The number of hydrogen-bond donors (Lipinski definition) is 1. The molecule has 0 atom stereocenters. The fraction of sp³-hybridized carbons (Fsp3) is 0.250. The highest BCUT2D eigenvalue weighted by molar-refractivity contribution is 5.88. The molecule has 6 nitrogen and oxygen atoms in total. The van der Waals surface area contributed by atoms with Gasteiger partial charge in [0.25, 0.3) is 0 Å². The quantitative estimate of drug-likeness (QED) is 0.821. The Morgan fingerprint density at radius 3 is 3.06 bits per heavy atom. The number of carbonyl (C=O) groups excluding carboxylic acids is 1. The maximum absolute atomic E-state index is 11.3. The van der Waals surface area contributed by atoms with Crippen LogP contribution in [0.1, 0.15) is 16.1 Å². The molecule has 0 radical (unpaired) electrons. The van der Waals surface area contributed by atoms with Gasteiger partial charge in [0.05, 0.1) is 13.3 Å². The number of ether oxygens (including phenoxy) is 1. The van der Waals surface area contributed by atoms with Crippen molar-refractivity contribution in [2.45, 2.75) is 6.54 Å². The van der Waals surface area contributed by atoms with Crippen LogP contribution in [-0.4, -0.2) is 27.8 Å². The molecule has 0 fully saturated rings. The van der Waals surface area contributed by atoms with Crippen LogP contribution in [0.2, 0.25) is 0 Å². The minimum Gasteiger partial charge on any atom is -0.464 e. The lowest BCUT2D eigenvalue weighted by Crippen LogP contribution is -2.06. The van der Waals surface area contributed by atoms with Gasteiger partial charge in [-0.15, -0.1) is 0 Å². The fourth-order valence-corrected chi connectivity index (χ4v) is 1.52. The van der Waals surface area contributed by atoms with Crippen LogP contribution in [0, 0.1) is 0 Å². The van der Waals surface area contributed by atoms with Crippen LogP contribution in [-0.2, 0) is 18.3 Å². The molecule has 0 spiro atoms. The number of aryl methyl sites for hydroxylation is 1. The minimum atomic E-state index is -0.444. The molecular weight excluding hydrogens is 232 g/mol. The summed E-state index contributed by atoms with van der Waals surface area (Å²) in [6.45, 7) is 0.637. The Kier molecular flexibility index (Phi) is 3.57. The second-order valence-corrected chi connectivity index (χ2v) is 3.80. The van der Waals surface area contributed by atoms with Crippen molar-refractivity contribution in [3.8, 4) is 0 Å². The van der Waals surface area contributed by atoms with Crippen molar-refractivity contribution in [2.75, 3.05) is 12.4 Å². The maximum Gasteiger partial charge on any atom is 0.356 e. The van der Waals surface area contributed by atoms with Gasteiger partial charge in [0, 0.05) is 37.2 Å². The van der Waals surface area contributed by atoms with Gasteiger partial charge in [0.15, 0.2) is 0 Å². The number of rotatable bonds is 4. The fourth-order valence-electron chi connectivity index (χ4n) is 1.52. The molecule has 0 aromatic carbocycles. The average molecular weight is 246 g/mol. The van der Waals surface area contributed by atoms with E-state index in [2.05, 4.69) is 20.1 Å². The molecule has 2 heterocycles. The first-order valence-corrected chi connectivity index (χ1v) is 5.45. The molecule has 2 rings (SSSR count). The second kappa shape index (κ2) is 5.31. The number of hydrogen-bond acceptors (Lipinski definition) is 5. The van der Waals surface area contributed by atoms with Gasteiger partial charge in [0.1, 0.15) is 5.69 Å². The van der Waals surface area contributed by atoms with Gasteiger partial charge >= 0.3 is 5.97 Å². The highest BCUT2D eigenvalue weighted by Gasteiger charge is 2.07. The maximum atomic E-state index is 11.3. The van der Waals surface area contributed by atoms with Crippen LogP contribution in [0.25, 0.3) is 0 Å². The molecule has 0 bridgehead atoms. The summed E-state index contributed by atoms with van der Waals surface area (Å²) in [6.07, 6.45) is 5.28. The van der Waals surface area contributed by atoms with E-state index in [1.807, 2.05) is 13.2 Å². The summed E-state index contributed by atoms with van der Waals surface area (Å²) in [5.74, 6) is -0.444. The first kappa shape index (κ1) is 12.1. The van der Waals surface area contributed by atoms with Gasteiger partial charge in [-0.1, -0.05) is 0 Å². The number of methoxy groups -OCH3 is 1. The molecule has 0 amide bonds. The summed E-state index contributed by atoms with van der Waals surface area (Å²) >= 11 is 0. The van der Waals surface area contributed by atoms with Crippen molar-refractivity contribution >= 4 is 11.7 Å². The van der Waals surface area contributed by atoms with Crippen molar-refractivity contribution < 1.29 is 9.53 Å². The molecule has 0 aliphatic rings. The predicted octanol–water partition coefficient (Wildman–Crippen LogP) is 1.21. The van der Waals surface area contributed by atoms with Crippen LogP contribution >= 0.6 is 0 Å². The van der Waals surface area contributed by atoms with Crippen LogP contribution in [0.15, 0.2) is 30.7 Å². The summed E-state index contributed by atoms with van der Waals surface area (Å²) in [7, 11) is 3.20. The van der Waals surface area contributed by atoms with E-state index in [1.54, 1.807) is 29.2 Å². The van der Waals surface area contributed by atoms with Crippen molar-refractivity contribution in [3.63, 3.8) is 0 Å². The Balaban J connectivity index is 2.03. The number of pyridine rings is 1. The Bertz CT molecular complexity index is 551. The minimum absolute atomic E-state index is 0.286. The summed E-state index contributed by atoms with van der Waals surface area (Å²) in [6, 6.07) is 3.45. The van der Waals surface area contributed by atoms with Gasteiger partial charge in [-0.25, -0.2) is 9.78 Å². The van der Waals surface area contributed by atoms with E-state index in [-0.39, 0.29) is 5.69 Å². The highest BCUT2D eigenvalue weighted by atomic mass is 16.5. The predicted molar refractivity (Wildman–Crippen MR) is 66.1 cm³/mol. The molecule has 0 unspecified atom stereocenters. The normalized spacial score (nSPS) is 10.1. The molecule has 0 aliphatic heterocycles. The van der Waals surface area contributed by atoms with Crippen molar-refractivity contribution in [1.29, 1.82) is 0 Å². The number of esters is 1. The van der Waals surface area contributed by atoms with Crippen molar-refractivity contribution in [2.24, 2.45) is 7.05 Å². The van der Waals surface area contributed by atoms with Gasteiger partial charge in [-0.05, 0) is 12.1 Å². The molecule has 94 valence electrons. The molecule has 0 saturated carbocycles. The smallest absolute Gasteiger partial charge is 0.356 e. The Morgan fingerprint density at radius 1 is 1.56 bits per heavy atom. The van der Waals surface area contributed by atoms with E-state index >= 15 is 0 Å². The Morgan fingerprint density at radius 2 is 2.39 bits per heavy atom. The molecule has 2 aromatic heterocycles. The van der Waals surface area contributed by atoms with Gasteiger partial charge in [-0.2, -0.15) is 5.10 Å². The number of carbonyl (C=O) groups is 1. The largest absolute Gasteiger partial charge is 0.464 e. The van der Waals surface area contributed by atoms with E-state index in [4.69, 9.17) is 0 Å². The molecule has 18 heavy (non-hydrogen) atoms. The number of anilines is 1. The summed E-state index contributed by atoms with van der Waals surface area (Å²) < 4.78 is 6.35. The summed E-state index contributed by atoms with van der Waals surface area (Å²) in [4.78, 5) is 15.3. The number of nitrogens with zero attached hydrogens (tertiary/aromatic N) is 3. The first-order chi connectivity index (χ1) is 8.69. The van der Waals surface area contributed by atoms with Crippen LogP contribution in [0.4, 0.5) is 5.69 Å². The van der Waals surface area contributed by atoms with Gasteiger partial charge in [-0.3, -0.25) is 4.68 Å². The first-order valence-electron chi connectivity index (χ1n) is 5.45. The average Bonchev–Trinajstić information content (AvgIpc) is 2.81. The number of aromatic nitrogens is 3. The molecule has 1 N–H and O–H groups in total. The second-order valence-electron chi connectivity index (χ2n) is 3.80. The molecular formula is C12H14N4O2. The molecule has 0 aliphatic carbocycles. The summed E-state index contributed by atoms with van der Waals surface area (Å²) in [5.41, 5.74) is 2.16. The van der Waals surface area contributed by atoms with Crippen LogP contribution < -0.4 is 5.32 Å². The zero-order valence-electron chi connectivity index (χ0n) is 10.3. The Labute approximate surface area is 105 Å². The van der Waals surface area contributed by atoms with E-state index in [0.717, 1.165) is 11.3 Å². The Hall–Kier alpha value is -2.37. The zero-order chi connectivity index (χ0) is 13.0. The molecule has 6 heteroatoms. The van der Waals surface area contributed by atoms with Crippen LogP contribution in [0.3, 0.4) is 0 Å². The lowest BCUT2D eigenvalue weighted by Gasteiger charge is -2.05. The summed E-state index contributed by atoms with van der Waals surface area (Å²) in [5, 5.41) is 7.27. The third-order valence-corrected chi connectivity index (χ3v) is 2.41. The van der Waals surface area contributed by atoms with Gasteiger partial charge in [0.2, 0.25) is 0 Å². The van der Waals surface area contributed by atoms with E-state index in [0.29, 0.717) is 6.54 Å². The SMILES string of the molecule is COC(=O)c1cc(NCc2cnn(C)c2)ccn1. The molecule has 2 aromatic rings. The zero-order valence-corrected chi connectivity index (χ0v) is 10.3. The van der Waals surface area contributed by atoms with Crippen molar-refractivity contribution in [3.05, 3.63) is 42.0 Å². The molecule has 0 saturated heterocycles. The van der Waals surface area contributed by atoms with Crippen molar-refractivity contribution in [1.82, 2.24) is 14.8 Å². The van der Waals surface area contributed by atoms with Gasteiger partial charge < -0.3 is 10.1 Å². The van der Waals surface area contributed by atoms with E-state index < -0.39 is 5.97 Å². The standard InChI is InChI=1S/C12H14N4O2/c1-16-8-9(7-15-16)6-14-10-3-4-13-11(5-10)12(17)18-2/h3-5,7-8H,6H2,1-2H3,(H,13,14). The number of nitrogens with one attached hydrogen (secondary N) is 1.